The van der Waals surface area contributed by atoms with Crippen LogP contribution in [0.15, 0.2) is 54.6 Å². The molecule has 3 aromatic rings. The number of hydrogen-bond donors (Lipinski definition) is 1. The normalized spacial score (nSPS) is 11.8. The van der Waals surface area contributed by atoms with Crippen LogP contribution in [0.3, 0.4) is 0 Å². The zero-order chi connectivity index (χ0) is 20.1. The van der Waals surface area contributed by atoms with Crippen molar-refractivity contribution in [2.24, 2.45) is 0 Å². The zero-order valence-corrected chi connectivity index (χ0v) is 15.7. The van der Waals surface area contributed by atoms with Crippen molar-refractivity contribution in [1.29, 1.82) is 0 Å². The molecule has 0 radical (unpaired) electrons. The molecule has 1 atom stereocenters. The largest absolute Gasteiger partial charge is 0.348 e. The van der Waals surface area contributed by atoms with Crippen LogP contribution in [0.5, 0.6) is 0 Å². The van der Waals surface area contributed by atoms with Crippen LogP contribution in [0, 0.1) is 17.0 Å². The summed E-state index contributed by atoms with van der Waals surface area (Å²) in [5, 5.41) is 21.9. The second-order valence-corrected chi connectivity index (χ2v) is 6.61. The maximum Gasteiger partial charge on any atom is 0.273 e. The highest BCUT2D eigenvalue weighted by Crippen LogP contribution is 2.18. The van der Waals surface area contributed by atoms with E-state index in [4.69, 9.17) is 0 Å². The Morgan fingerprint density at radius 2 is 1.96 bits per heavy atom. The highest BCUT2D eigenvalue weighted by atomic mass is 16.6. The molecule has 1 unspecified atom stereocenters. The fraction of sp³-hybridized carbons (Fsp3) is 0.250. The number of nitro groups is 1. The van der Waals surface area contributed by atoms with Crippen molar-refractivity contribution in [2.75, 3.05) is 0 Å². The maximum atomic E-state index is 12.6. The number of amides is 1. The number of nitrogens with one attached hydrogen (secondary N) is 1. The molecule has 0 aliphatic heterocycles. The number of hydrogen-bond acceptors (Lipinski definition) is 5. The summed E-state index contributed by atoms with van der Waals surface area (Å²) in [6.07, 6.45) is 1.66. The summed E-state index contributed by atoms with van der Waals surface area (Å²) in [6.45, 7) is 3.66. The van der Waals surface area contributed by atoms with Gasteiger partial charge in [-0.05, 0) is 38.3 Å². The molecule has 0 bridgehead atoms. The molecule has 8 heteroatoms. The SMILES string of the molecule is Cc1c(C(=O)NC(C)CCc2ccccc2)nnn1-c1cccc([N+](=O)[O-])c1. The molecule has 1 amide bonds. The molecule has 1 aromatic heterocycles. The van der Waals surface area contributed by atoms with Crippen molar-refractivity contribution >= 4 is 11.6 Å². The summed E-state index contributed by atoms with van der Waals surface area (Å²) in [5.74, 6) is -0.310. The highest BCUT2D eigenvalue weighted by molar-refractivity contribution is 5.93. The fourth-order valence-electron chi connectivity index (χ4n) is 2.91. The lowest BCUT2D eigenvalue weighted by Gasteiger charge is -2.13. The molecule has 0 fully saturated rings. The van der Waals surface area contributed by atoms with Crippen molar-refractivity contribution < 1.29 is 9.72 Å². The number of nitro benzene ring substituents is 1. The van der Waals surface area contributed by atoms with Gasteiger partial charge in [-0.2, -0.15) is 0 Å². The topological polar surface area (TPSA) is 103 Å². The van der Waals surface area contributed by atoms with E-state index < -0.39 is 4.92 Å². The number of aromatic nitrogens is 3. The van der Waals surface area contributed by atoms with E-state index in [0.29, 0.717) is 11.4 Å². The van der Waals surface area contributed by atoms with Crippen LogP contribution in [0.25, 0.3) is 5.69 Å². The molecule has 2 aromatic carbocycles. The molecule has 0 aliphatic carbocycles. The number of carbonyl (C=O) groups excluding carboxylic acids is 1. The predicted molar refractivity (Wildman–Crippen MR) is 104 cm³/mol. The average molecular weight is 379 g/mol. The minimum atomic E-state index is -0.474. The first-order chi connectivity index (χ1) is 13.5. The third kappa shape index (κ3) is 4.40. The Morgan fingerprint density at radius 1 is 1.21 bits per heavy atom. The van der Waals surface area contributed by atoms with Crippen LogP contribution in [0.2, 0.25) is 0 Å². The third-order valence-electron chi connectivity index (χ3n) is 4.48. The van der Waals surface area contributed by atoms with Crippen LogP contribution in [0.1, 0.15) is 35.1 Å². The smallest absolute Gasteiger partial charge is 0.273 e. The first-order valence-corrected chi connectivity index (χ1v) is 8.97. The van der Waals surface area contributed by atoms with Crippen LogP contribution >= 0.6 is 0 Å². The van der Waals surface area contributed by atoms with Crippen molar-refractivity contribution in [2.45, 2.75) is 32.7 Å². The molecular formula is C20H21N5O3. The number of nitrogens with zero attached hydrogens (tertiary/aromatic N) is 4. The van der Waals surface area contributed by atoms with Gasteiger partial charge in [-0.3, -0.25) is 14.9 Å². The number of benzene rings is 2. The Hall–Kier alpha value is -3.55. The Balaban J connectivity index is 1.68. The molecule has 8 nitrogen and oxygen atoms in total. The molecule has 1 heterocycles. The van der Waals surface area contributed by atoms with Gasteiger partial charge in [-0.15, -0.1) is 5.10 Å². The zero-order valence-electron chi connectivity index (χ0n) is 15.7. The van der Waals surface area contributed by atoms with E-state index in [1.54, 1.807) is 19.1 Å². The number of non-ortho nitro benzene ring substituents is 1. The Kier molecular flexibility index (Phi) is 5.78. The predicted octanol–water partition coefficient (Wildman–Crippen LogP) is 3.24. The molecule has 144 valence electrons. The van der Waals surface area contributed by atoms with Gasteiger partial charge in [0.1, 0.15) is 0 Å². The summed E-state index contributed by atoms with van der Waals surface area (Å²) in [5.41, 5.74) is 2.38. The van der Waals surface area contributed by atoms with Crippen molar-refractivity contribution in [3.05, 3.63) is 81.7 Å². The van der Waals surface area contributed by atoms with Gasteiger partial charge in [-0.25, -0.2) is 4.68 Å². The van der Waals surface area contributed by atoms with E-state index in [2.05, 4.69) is 27.8 Å². The van der Waals surface area contributed by atoms with Gasteiger partial charge in [0.05, 0.1) is 16.3 Å². The molecule has 0 saturated heterocycles. The van der Waals surface area contributed by atoms with Crippen molar-refractivity contribution in [1.82, 2.24) is 20.3 Å². The summed E-state index contributed by atoms with van der Waals surface area (Å²) in [6, 6.07) is 16.1. The lowest BCUT2D eigenvalue weighted by molar-refractivity contribution is -0.384. The van der Waals surface area contributed by atoms with Gasteiger partial charge in [0.15, 0.2) is 5.69 Å². The molecule has 0 saturated carbocycles. The van der Waals surface area contributed by atoms with Crippen LogP contribution in [-0.4, -0.2) is 31.9 Å². The Morgan fingerprint density at radius 3 is 2.68 bits per heavy atom. The molecule has 3 rings (SSSR count). The number of rotatable bonds is 7. The van der Waals surface area contributed by atoms with E-state index in [1.165, 1.54) is 22.4 Å². The van der Waals surface area contributed by atoms with Crippen molar-refractivity contribution in [3.63, 3.8) is 0 Å². The van der Waals surface area contributed by atoms with E-state index >= 15 is 0 Å². The van der Waals surface area contributed by atoms with Gasteiger partial charge in [0, 0.05) is 18.2 Å². The molecule has 1 N–H and O–H groups in total. The Labute approximate surface area is 162 Å². The number of aryl methyl sites for hydroxylation is 1. The molecular weight excluding hydrogens is 358 g/mol. The first-order valence-electron chi connectivity index (χ1n) is 8.97. The van der Waals surface area contributed by atoms with Gasteiger partial charge >= 0.3 is 0 Å². The summed E-state index contributed by atoms with van der Waals surface area (Å²) in [7, 11) is 0. The second-order valence-electron chi connectivity index (χ2n) is 6.61. The highest BCUT2D eigenvalue weighted by Gasteiger charge is 2.19. The lowest BCUT2D eigenvalue weighted by Crippen LogP contribution is -2.33. The van der Waals surface area contributed by atoms with Gasteiger partial charge in [-0.1, -0.05) is 41.6 Å². The molecule has 28 heavy (non-hydrogen) atoms. The van der Waals surface area contributed by atoms with E-state index in [0.717, 1.165) is 12.8 Å². The Bertz CT molecular complexity index is 985. The van der Waals surface area contributed by atoms with Gasteiger partial charge in [0.25, 0.3) is 11.6 Å². The maximum absolute atomic E-state index is 12.6. The van der Waals surface area contributed by atoms with E-state index in [1.807, 2.05) is 25.1 Å². The molecule has 0 spiro atoms. The summed E-state index contributed by atoms with van der Waals surface area (Å²) >= 11 is 0. The lowest BCUT2D eigenvalue weighted by atomic mass is 10.1. The summed E-state index contributed by atoms with van der Waals surface area (Å²) in [4.78, 5) is 23.1. The van der Waals surface area contributed by atoms with Gasteiger partial charge < -0.3 is 5.32 Å². The summed E-state index contributed by atoms with van der Waals surface area (Å²) < 4.78 is 1.43. The molecule has 0 aliphatic rings. The average Bonchev–Trinajstić information content (AvgIpc) is 3.09. The van der Waals surface area contributed by atoms with Crippen LogP contribution in [-0.2, 0) is 6.42 Å². The minimum Gasteiger partial charge on any atom is -0.348 e. The fourth-order valence-corrected chi connectivity index (χ4v) is 2.91. The minimum absolute atomic E-state index is 0.0323. The van der Waals surface area contributed by atoms with Crippen LogP contribution in [0.4, 0.5) is 5.69 Å². The standard InChI is InChI=1S/C20H21N5O3/c1-14(11-12-16-7-4-3-5-8-16)21-20(26)19-15(2)24(23-22-19)17-9-6-10-18(13-17)25(27)28/h3-10,13-14H,11-12H2,1-2H3,(H,21,26). The first kappa shape index (κ1) is 19.2. The van der Waals surface area contributed by atoms with Gasteiger partial charge in [0.2, 0.25) is 0 Å². The van der Waals surface area contributed by atoms with E-state index in [-0.39, 0.29) is 23.3 Å². The van der Waals surface area contributed by atoms with Crippen LogP contribution < -0.4 is 5.32 Å². The quantitative estimate of drug-likeness (QED) is 0.501. The van der Waals surface area contributed by atoms with Crippen molar-refractivity contribution in [3.8, 4) is 5.69 Å². The third-order valence-corrected chi connectivity index (χ3v) is 4.48. The monoisotopic (exact) mass is 379 g/mol. The number of carbonyl (C=O) groups is 1. The second kappa shape index (κ2) is 8.43. The van der Waals surface area contributed by atoms with E-state index in [9.17, 15) is 14.9 Å².